The minimum atomic E-state index is 0.184. The van der Waals surface area contributed by atoms with Gasteiger partial charge in [0.2, 0.25) is 5.90 Å². The van der Waals surface area contributed by atoms with Crippen LogP contribution in [0.25, 0.3) is 11.4 Å². The maximum absolute atomic E-state index is 5.28. The Morgan fingerprint density at radius 3 is 2.40 bits per heavy atom. The Balaban J connectivity index is 0.000000956. The highest BCUT2D eigenvalue weighted by molar-refractivity contribution is 5.92. The van der Waals surface area contributed by atoms with Crippen molar-refractivity contribution in [1.29, 1.82) is 0 Å². The van der Waals surface area contributed by atoms with Crippen LogP contribution >= 0.6 is 0 Å². The molecule has 2 rings (SSSR count). The van der Waals surface area contributed by atoms with E-state index in [0.717, 1.165) is 17.1 Å². The molecule has 1 heterocycles. The molecular weight excluding hydrogens is 250 g/mol. The monoisotopic (exact) mass is 273 g/mol. The Morgan fingerprint density at radius 2 is 1.85 bits per heavy atom. The summed E-state index contributed by atoms with van der Waals surface area (Å²) in [6, 6.07) is 10.1. The molecule has 0 saturated heterocycles. The molecule has 20 heavy (non-hydrogen) atoms. The van der Waals surface area contributed by atoms with Crippen LogP contribution in [0.5, 0.6) is 0 Å². The number of rotatable bonds is 3. The van der Waals surface area contributed by atoms with Crippen molar-refractivity contribution in [1.82, 2.24) is 9.97 Å². The van der Waals surface area contributed by atoms with Gasteiger partial charge in [-0.1, -0.05) is 44.2 Å². The zero-order chi connectivity index (χ0) is 15.0. The molecule has 2 aromatic rings. The van der Waals surface area contributed by atoms with Crippen LogP contribution in [0.2, 0.25) is 0 Å². The van der Waals surface area contributed by atoms with Crippen molar-refractivity contribution in [2.24, 2.45) is 4.99 Å². The van der Waals surface area contributed by atoms with Gasteiger partial charge in [0.25, 0.3) is 0 Å². The summed E-state index contributed by atoms with van der Waals surface area (Å²) in [4.78, 5) is 12.0. The molecule has 4 nitrogen and oxygen atoms in total. The fourth-order valence-electron chi connectivity index (χ4n) is 1.64. The Labute approximate surface area is 120 Å². The van der Waals surface area contributed by atoms with E-state index in [1.54, 1.807) is 13.3 Å². The van der Waals surface area contributed by atoms with E-state index in [0.29, 0.717) is 5.90 Å². The summed E-state index contributed by atoms with van der Waals surface area (Å²) in [5.74, 6) is 1.40. The van der Waals surface area contributed by atoms with E-state index >= 15 is 0 Å². The van der Waals surface area contributed by atoms with Crippen molar-refractivity contribution in [3.8, 4) is 11.4 Å². The van der Waals surface area contributed by atoms with E-state index < -0.39 is 0 Å². The lowest BCUT2D eigenvalue weighted by atomic mass is 10.2. The highest BCUT2D eigenvalue weighted by atomic mass is 16.5. The van der Waals surface area contributed by atoms with E-state index in [1.165, 1.54) is 0 Å². The molecule has 0 bridgehead atoms. The first-order valence-corrected chi connectivity index (χ1v) is 6.93. The quantitative estimate of drug-likeness (QED) is 0.681. The van der Waals surface area contributed by atoms with Crippen LogP contribution in [-0.4, -0.2) is 29.0 Å². The standard InChI is InChI=1S/C14H17N3O.C2H6/c1-10(2)16-14(18-3)12-9-15-13(17-12)11-7-5-4-6-8-11;1-2/h4-10H,1-3H3,(H,15,17);1-2H3. The fraction of sp³-hybridized carbons (Fsp3) is 0.375. The number of aromatic amines is 1. The molecule has 1 aromatic heterocycles. The van der Waals surface area contributed by atoms with E-state index in [2.05, 4.69) is 15.0 Å². The van der Waals surface area contributed by atoms with E-state index in [-0.39, 0.29) is 6.04 Å². The summed E-state index contributed by atoms with van der Waals surface area (Å²) < 4.78 is 5.28. The molecule has 0 radical (unpaired) electrons. The summed E-state index contributed by atoms with van der Waals surface area (Å²) >= 11 is 0. The molecule has 1 aromatic carbocycles. The molecule has 0 spiro atoms. The molecular formula is C16H23N3O. The molecule has 4 heteroatoms. The molecule has 0 atom stereocenters. The van der Waals surface area contributed by atoms with Crippen LogP contribution in [0, 0.1) is 0 Å². The number of nitrogens with one attached hydrogen (secondary N) is 1. The first kappa shape index (κ1) is 16.0. The minimum Gasteiger partial charge on any atom is -0.480 e. The van der Waals surface area contributed by atoms with Crippen molar-refractivity contribution in [3.63, 3.8) is 0 Å². The normalized spacial score (nSPS) is 11.0. The van der Waals surface area contributed by atoms with Gasteiger partial charge in [-0.3, -0.25) is 0 Å². The lowest BCUT2D eigenvalue weighted by molar-refractivity contribution is 0.399. The number of hydrogen-bond acceptors (Lipinski definition) is 3. The van der Waals surface area contributed by atoms with E-state index in [9.17, 15) is 0 Å². The first-order chi connectivity index (χ1) is 9.70. The van der Waals surface area contributed by atoms with Crippen LogP contribution in [0.1, 0.15) is 33.4 Å². The molecule has 0 aliphatic rings. The van der Waals surface area contributed by atoms with E-state index in [1.807, 2.05) is 58.0 Å². The zero-order valence-electron chi connectivity index (χ0n) is 12.8. The molecule has 0 aliphatic carbocycles. The van der Waals surface area contributed by atoms with Crippen molar-refractivity contribution >= 4 is 5.90 Å². The van der Waals surface area contributed by atoms with Crippen molar-refractivity contribution < 1.29 is 4.74 Å². The summed E-state index contributed by atoms with van der Waals surface area (Å²) in [6.45, 7) is 8.01. The Kier molecular flexibility index (Phi) is 6.50. The first-order valence-electron chi connectivity index (χ1n) is 6.93. The third-order valence-corrected chi connectivity index (χ3v) is 2.42. The van der Waals surface area contributed by atoms with E-state index in [4.69, 9.17) is 4.74 Å². The number of aromatic nitrogens is 2. The summed E-state index contributed by atoms with van der Waals surface area (Å²) in [6.07, 6.45) is 1.74. The predicted octanol–water partition coefficient (Wildman–Crippen LogP) is 3.90. The van der Waals surface area contributed by atoms with Crippen LogP contribution < -0.4 is 0 Å². The Bertz CT molecular complexity index is 530. The largest absolute Gasteiger partial charge is 0.480 e. The van der Waals surface area contributed by atoms with Crippen molar-refractivity contribution in [2.75, 3.05) is 7.11 Å². The van der Waals surface area contributed by atoms with Crippen molar-refractivity contribution in [3.05, 3.63) is 42.2 Å². The number of aliphatic imine (C=N–C) groups is 1. The van der Waals surface area contributed by atoms with Gasteiger partial charge >= 0.3 is 0 Å². The van der Waals surface area contributed by atoms with Crippen LogP contribution in [0.3, 0.4) is 0 Å². The number of ether oxygens (including phenoxy) is 1. The van der Waals surface area contributed by atoms with Crippen molar-refractivity contribution in [2.45, 2.75) is 33.7 Å². The van der Waals surface area contributed by atoms with Gasteiger partial charge in [-0.25, -0.2) is 9.98 Å². The number of imidazole rings is 1. The highest BCUT2D eigenvalue weighted by Crippen LogP contribution is 2.15. The van der Waals surface area contributed by atoms with Gasteiger partial charge < -0.3 is 9.72 Å². The molecule has 1 N–H and O–H groups in total. The third-order valence-electron chi connectivity index (χ3n) is 2.42. The minimum absolute atomic E-state index is 0.184. The average molecular weight is 273 g/mol. The molecule has 0 unspecified atom stereocenters. The maximum Gasteiger partial charge on any atom is 0.234 e. The molecule has 0 fully saturated rings. The number of hydrogen-bond donors (Lipinski definition) is 1. The lowest BCUT2D eigenvalue weighted by Gasteiger charge is -2.04. The third kappa shape index (κ3) is 4.23. The SMILES string of the molecule is CC.COC(=NC(C)C)c1cnc(-c2ccccc2)[nH]1. The lowest BCUT2D eigenvalue weighted by Crippen LogP contribution is -2.07. The van der Waals surface area contributed by atoms with Gasteiger partial charge in [-0.15, -0.1) is 0 Å². The summed E-state index contributed by atoms with van der Waals surface area (Å²) in [7, 11) is 1.62. The average Bonchev–Trinajstić information content (AvgIpc) is 2.97. The highest BCUT2D eigenvalue weighted by Gasteiger charge is 2.09. The Hall–Kier alpha value is -2.10. The summed E-state index contributed by atoms with van der Waals surface area (Å²) in [5, 5.41) is 0. The molecule has 0 amide bonds. The van der Waals surface area contributed by atoms with Gasteiger partial charge in [0.1, 0.15) is 11.5 Å². The second kappa shape index (κ2) is 8.15. The van der Waals surface area contributed by atoms with Crippen LogP contribution in [-0.2, 0) is 4.74 Å². The maximum atomic E-state index is 5.28. The number of H-pyrrole nitrogens is 1. The molecule has 108 valence electrons. The number of nitrogens with zero attached hydrogens (tertiary/aromatic N) is 2. The zero-order valence-corrected chi connectivity index (χ0v) is 12.8. The molecule has 0 aliphatic heterocycles. The topological polar surface area (TPSA) is 50.3 Å². The van der Waals surface area contributed by atoms with Gasteiger partial charge in [0, 0.05) is 11.6 Å². The Morgan fingerprint density at radius 1 is 1.20 bits per heavy atom. The van der Waals surface area contributed by atoms with Crippen LogP contribution in [0.15, 0.2) is 41.5 Å². The van der Waals surface area contributed by atoms with Gasteiger partial charge in [-0.2, -0.15) is 0 Å². The van der Waals surface area contributed by atoms with Gasteiger partial charge in [-0.05, 0) is 13.8 Å². The molecule has 0 saturated carbocycles. The van der Waals surface area contributed by atoms with Crippen LogP contribution in [0.4, 0.5) is 0 Å². The number of methoxy groups -OCH3 is 1. The number of benzene rings is 1. The van der Waals surface area contributed by atoms with Gasteiger partial charge in [0.15, 0.2) is 0 Å². The summed E-state index contributed by atoms with van der Waals surface area (Å²) in [5.41, 5.74) is 1.84. The second-order valence-corrected chi connectivity index (χ2v) is 4.24. The van der Waals surface area contributed by atoms with Gasteiger partial charge in [0.05, 0.1) is 13.3 Å². The predicted molar refractivity (Wildman–Crippen MR) is 84.1 cm³/mol. The smallest absolute Gasteiger partial charge is 0.234 e. The second-order valence-electron chi connectivity index (χ2n) is 4.24. The fourth-order valence-corrected chi connectivity index (χ4v) is 1.64.